The van der Waals surface area contributed by atoms with E-state index in [0.29, 0.717) is 5.95 Å². The highest BCUT2D eigenvalue weighted by atomic mass is 19.1. The highest BCUT2D eigenvalue weighted by molar-refractivity contribution is 5.33. The summed E-state index contributed by atoms with van der Waals surface area (Å²) in [5.41, 5.74) is 5.25. The van der Waals surface area contributed by atoms with Gasteiger partial charge in [-0.3, -0.25) is 0 Å². The lowest BCUT2D eigenvalue weighted by Crippen LogP contribution is -2.22. The van der Waals surface area contributed by atoms with Gasteiger partial charge in [-0.25, -0.2) is 4.39 Å². The maximum Gasteiger partial charge on any atom is 0.228 e. The standard InChI is InChI=1S/C16H22FN5/c1-11(9-10-12-7-5-4-6-8-12)19-15-21-13(16(2,3)17)20-14(18)22-15/h4-8,11H,9-10H2,1-3H3,(H3,18,19,20,21,22)/t11-/m1/s1. The number of nitrogen functional groups attached to an aromatic ring is 1. The number of halogens is 1. The Balaban J connectivity index is 1.99. The number of alkyl halides is 1. The van der Waals surface area contributed by atoms with Crippen LogP contribution in [0.4, 0.5) is 16.3 Å². The third-order valence-corrected chi connectivity index (χ3v) is 3.27. The van der Waals surface area contributed by atoms with Crippen LogP contribution in [0.1, 0.15) is 38.6 Å². The van der Waals surface area contributed by atoms with Crippen LogP contribution in [0, 0.1) is 0 Å². The number of nitrogens with two attached hydrogens (primary N) is 1. The molecule has 2 aromatic rings. The van der Waals surface area contributed by atoms with Gasteiger partial charge in [-0.1, -0.05) is 30.3 Å². The van der Waals surface area contributed by atoms with Crippen molar-refractivity contribution in [3.63, 3.8) is 0 Å². The predicted molar refractivity (Wildman–Crippen MR) is 86.2 cm³/mol. The van der Waals surface area contributed by atoms with Crippen LogP contribution in [-0.2, 0) is 12.1 Å². The lowest BCUT2D eigenvalue weighted by molar-refractivity contribution is 0.206. The smallest absolute Gasteiger partial charge is 0.228 e. The first-order valence-corrected chi connectivity index (χ1v) is 7.36. The second-order valence-electron chi connectivity index (χ2n) is 5.88. The van der Waals surface area contributed by atoms with Crippen molar-refractivity contribution in [3.05, 3.63) is 41.7 Å². The van der Waals surface area contributed by atoms with E-state index in [1.165, 1.54) is 19.4 Å². The summed E-state index contributed by atoms with van der Waals surface area (Å²) in [4.78, 5) is 12.0. The molecule has 0 saturated carbocycles. The summed E-state index contributed by atoms with van der Waals surface area (Å²) in [6.07, 6.45) is 1.85. The van der Waals surface area contributed by atoms with E-state index in [2.05, 4.69) is 32.4 Å². The van der Waals surface area contributed by atoms with Gasteiger partial charge in [0.1, 0.15) is 0 Å². The zero-order valence-electron chi connectivity index (χ0n) is 13.2. The average Bonchev–Trinajstić information content (AvgIpc) is 2.45. The van der Waals surface area contributed by atoms with Crippen LogP contribution in [0.25, 0.3) is 0 Å². The highest BCUT2D eigenvalue weighted by Crippen LogP contribution is 2.22. The number of nitrogens with one attached hydrogen (secondary N) is 1. The molecule has 0 radical (unpaired) electrons. The Bertz CT molecular complexity index is 610. The number of rotatable bonds is 6. The highest BCUT2D eigenvalue weighted by Gasteiger charge is 2.24. The molecule has 0 aliphatic rings. The minimum Gasteiger partial charge on any atom is -0.368 e. The Labute approximate surface area is 130 Å². The molecule has 6 heteroatoms. The third-order valence-electron chi connectivity index (χ3n) is 3.27. The molecule has 2 rings (SSSR count). The van der Waals surface area contributed by atoms with Crippen molar-refractivity contribution in [2.45, 2.75) is 45.3 Å². The summed E-state index contributed by atoms with van der Waals surface area (Å²) in [7, 11) is 0. The normalized spacial score (nSPS) is 12.9. The van der Waals surface area contributed by atoms with E-state index in [1.54, 1.807) is 0 Å². The van der Waals surface area contributed by atoms with Crippen molar-refractivity contribution in [1.29, 1.82) is 0 Å². The van der Waals surface area contributed by atoms with E-state index in [0.717, 1.165) is 12.8 Å². The number of hydrogen-bond donors (Lipinski definition) is 2. The molecule has 118 valence electrons. The fourth-order valence-corrected chi connectivity index (χ4v) is 2.04. The molecule has 22 heavy (non-hydrogen) atoms. The van der Waals surface area contributed by atoms with Crippen LogP contribution in [0.2, 0.25) is 0 Å². The van der Waals surface area contributed by atoms with Crippen LogP contribution in [0.15, 0.2) is 30.3 Å². The fourth-order valence-electron chi connectivity index (χ4n) is 2.04. The SMILES string of the molecule is C[C@H](CCc1ccccc1)Nc1nc(N)nc(C(C)(C)F)n1. The van der Waals surface area contributed by atoms with Gasteiger partial charge in [0.2, 0.25) is 11.9 Å². The number of aryl methyl sites for hydroxylation is 1. The van der Waals surface area contributed by atoms with Crippen LogP contribution in [0.5, 0.6) is 0 Å². The van der Waals surface area contributed by atoms with Crippen LogP contribution in [-0.4, -0.2) is 21.0 Å². The van der Waals surface area contributed by atoms with Crippen LogP contribution in [0.3, 0.4) is 0 Å². The molecule has 3 N–H and O–H groups in total. The van der Waals surface area contributed by atoms with Gasteiger partial charge in [-0.15, -0.1) is 0 Å². The zero-order valence-corrected chi connectivity index (χ0v) is 13.2. The number of nitrogens with zero attached hydrogens (tertiary/aromatic N) is 3. The molecule has 1 atom stereocenters. The molecule has 0 fully saturated rings. The van der Waals surface area contributed by atoms with Gasteiger partial charge in [0.25, 0.3) is 0 Å². The Morgan fingerprint density at radius 1 is 1.18 bits per heavy atom. The lowest BCUT2D eigenvalue weighted by Gasteiger charge is -2.17. The maximum absolute atomic E-state index is 14.0. The lowest BCUT2D eigenvalue weighted by atomic mass is 10.1. The Hall–Kier alpha value is -2.24. The van der Waals surface area contributed by atoms with Gasteiger partial charge in [0.05, 0.1) is 0 Å². The van der Waals surface area contributed by atoms with Gasteiger partial charge in [-0.05, 0) is 39.2 Å². The Morgan fingerprint density at radius 3 is 2.50 bits per heavy atom. The van der Waals surface area contributed by atoms with Crippen molar-refractivity contribution in [1.82, 2.24) is 15.0 Å². The number of hydrogen-bond acceptors (Lipinski definition) is 5. The number of aromatic nitrogens is 3. The second-order valence-corrected chi connectivity index (χ2v) is 5.88. The number of benzene rings is 1. The largest absolute Gasteiger partial charge is 0.368 e. The van der Waals surface area contributed by atoms with Gasteiger partial charge in [0.15, 0.2) is 11.5 Å². The predicted octanol–water partition coefficient (Wildman–Crippen LogP) is 3.09. The van der Waals surface area contributed by atoms with E-state index < -0.39 is 5.67 Å². The first kappa shape index (κ1) is 16.1. The first-order chi connectivity index (χ1) is 10.3. The van der Waals surface area contributed by atoms with Crippen molar-refractivity contribution in [2.24, 2.45) is 0 Å². The molecule has 0 bridgehead atoms. The van der Waals surface area contributed by atoms with Gasteiger partial charge in [-0.2, -0.15) is 15.0 Å². The summed E-state index contributed by atoms with van der Waals surface area (Å²) in [6.45, 7) is 4.82. The molecule has 0 saturated heterocycles. The Morgan fingerprint density at radius 2 is 1.86 bits per heavy atom. The van der Waals surface area contributed by atoms with Crippen molar-refractivity contribution in [2.75, 3.05) is 11.1 Å². The second kappa shape index (κ2) is 6.68. The fraction of sp³-hybridized carbons (Fsp3) is 0.438. The molecule has 0 aliphatic carbocycles. The van der Waals surface area contributed by atoms with Crippen molar-refractivity contribution in [3.8, 4) is 0 Å². The minimum absolute atomic E-state index is 0.0217. The zero-order chi connectivity index (χ0) is 16.2. The summed E-state index contributed by atoms with van der Waals surface area (Å²) >= 11 is 0. The molecule has 1 aromatic heterocycles. The maximum atomic E-state index is 14.0. The average molecular weight is 303 g/mol. The van der Waals surface area contributed by atoms with E-state index in [9.17, 15) is 4.39 Å². The molecule has 0 unspecified atom stereocenters. The summed E-state index contributed by atoms with van der Waals surface area (Å²) in [5.74, 6) is 0.375. The van der Waals surface area contributed by atoms with E-state index in [4.69, 9.17) is 5.73 Å². The van der Waals surface area contributed by atoms with E-state index >= 15 is 0 Å². The van der Waals surface area contributed by atoms with Crippen LogP contribution < -0.4 is 11.1 Å². The molecule has 0 amide bonds. The summed E-state index contributed by atoms with van der Waals surface area (Å²) in [6, 6.07) is 10.4. The topological polar surface area (TPSA) is 76.7 Å². The van der Waals surface area contributed by atoms with Gasteiger partial charge in [0, 0.05) is 6.04 Å². The molecule has 0 spiro atoms. The van der Waals surface area contributed by atoms with E-state index in [1.807, 2.05) is 25.1 Å². The quantitative estimate of drug-likeness (QED) is 0.857. The first-order valence-electron chi connectivity index (χ1n) is 7.36. The number of anilines is 2. The molecule has 1 heterocycles. The third kappa shape index (κ3) is 4.65. The summed E-state index contributed by atoms with van der Waals surface area (Å²) in [5, 5.41) is 3.16. The summed E-state index contributed by atoms with van der Waals surface area (Å²) < 4.78 is 14.0. The van der Waals surface area contributed by atoms with E-state index in [-0.39, 0.29) is 17.8 Å². The monoisotopic (exact) mass is 303 g/mol. The molecular weight excluding hydrogens is 281 g/mol. The Kier molecular flexibility index (Phi) is 4.90. The molecule has 0 aliphatic heterocycles. The minimum atomic E-state index is -1.65. The van der Waals surface area contributed by atoms with Crippen LogP contribution >= 0.6 is 0 Å². The molecule has 5 nitrogen and oxygen atoms in total. The van der Waals surface area contributed by atoms with Crippen molar-refractivity contribution >= 4 is 11.9 Å². The molecular formula is C16H22FN5. The van der Waals surface area contributed by atoms with Gasteiger partial charge >= 0.3 is 0 Å². The van der Waals surface area contributed by atoms with Crippen molar-refractivity contribution < 1.29 is 4.39 Å². The molecule has 1 aromatic carbocycles. The van der Waals surface area contributed by atoms with Gasteiger partial charge < -0.3 is 11.1 Å².